The monoisotopic (exact) mass is 560 g/mol. The lowest BCUT2D eigenvalue weighted by molar-refractivity contribution is -0.116. The Hall–Kier alpha value is -3.04. The van der Waals surface area contributed by atoms with Gasteiger partial charge in [0.2, 0.25) is 0 Å². The molecule has 1 saturated carbocycles. The zero-order valence-electron chi connectivity index (χ0n) is 21.5. The van der Waals surface area contributed by atoms with Gasteiger partial charge in [0.25, 0.3) is 0 Å². The van der Waals surface area contributed by atoms with Gasteiger partial charge in [0.05, 0.1) is 35.7 Å². The molecule has 2 aromatic carbocycles. The van der Waals surface area contributed by atoms with Gasteiger partial charge in [-0.05, 0) is 77.2 Å². The summed E-state index contributed by atoms with van der Waals surface area (Å²) in [6.45, 7) is 2.58. The summed E-state index contributed by atoms with van der Waals surface area (Å²) >= 11 is 3.71. The molecule has 5 nitrogen and oxygen atoms in total. The minimum atomic E-state index is -0.442. The van der Waals surface area contributed by atoms with Gasteiger partial charge in [-0.2, -0.15) is 5.26 Å². The van der Waals surface area contributed by atoms with Crippen molar-refractivity contribution in [2.75, 3.05) is 13.7 Å². The Morgan fingerprint density at radius 2 is 1.84 bits per heavy atom. The van der Waals surface area contributed by atoms with Gasteiger partial charge in [-0.1, -0.05) is 49.6 Å². The molecule has 2 aromatic rings. The van der Waals surface area contributed by atoms with Crippen LogP contribution in [0.5, 0.6) is 11.5 Å². The van der Waals surface area contributed by atoms with Crippen LogP contribution in [0.15, 0.2) is 69.5 Å². The fraction of sp³-hybridized carbons (Fsp3) is 0.419. The molecule has 0 saturated heterocycles. The van der Waals surface area contributed by atoms with Gasteiger partial charge in [0, 0.05) is 23.4 Å². The standard InChI is InChI=1S/C31H33BrN2O3/c1-19-24(17-33)29(30-26(34-19)14-22(15-27(30)35)21-11-7-4-8-12-21)23-13-25(32)31(28(16-23)36-2)37-18-20-9-5-3-6-10-20/h4,7-8,11-13,16,20,22,29,34H,3,5-6,9-10,14-15,18H2,1-2H3. The highest BCUT2D eigenvalue weighted by Crippen LogP contribution is 2.48. The SMILES string of the molecule is COc1cc(C2C(C#N)=C(C)NC3=C2C(=O)CC(c2ccccc2)C3)cc(Br)c1OCC1CCCCC1. The number of allylic oxidation sites excluding steroid dienone is 4. The Morgan fingerprint density at radius 1 is 1.08 bits per heavy atom. The molecule has 6 heteroatoms. The van der Waals surface area contributed by atoms with Gasteiger partial charge >= 0.3 is 0 Å². The number of benzene rings is 2. The number of dihydropyridines is 1. The van der Waals surface area contributed by atoms with Crippen molar-refractivity contribution >= 4 is 21.7 Å². The largest absolute Gasteiger partial charge is 0.493 e. The van der Waals surface area contributed by atoms with Crippen molar-refractivity contribution in [3.63, 3.8) is 0 Å². The fourth-order valence-corrected chi connectivity index (χ4v) is 6.66. The smallest absolute Gasteiger partial charge is 0.175 e. The molecule has 0 aromatic heterocycles. The van der Waals surface area contributed by atoms with Crippen LogP contribution in [0, 0.1) is 17.2 Å². The zero-order chi connectivity index (χ0) is 25.9. The van der Waals surface area contributed by atoms with Crippen molar-refractivity contribution in [1.82, 2.24) is 5.32 Å². The molecule has 2 unspecified atom stereocenters. The number of carbonyl (C=O) groups excluding carboxylic acids is 1. The van der Waals surface area contributed by atoms with Gasteiger partial charge in [-0.15, -0.1) is 0 Å². The number of hydrogen-bond donors (Lipinski definition) is 1. The van der Waals surface area contributed by atoms with Crippen LogP contribution >= 0.6 is 15.9 Å². The zero-order valence-corrected chi connectivity index (χ0v) is 23.1. The van der Waals surface area contributed by atoms with E-state index < -0.39 is 5.92 Å². The number of nitrogens with one attached hydrogen (secondary N) is 1. The minimum absolute atomic E-state index is 0.0839. The van der Waals surface area contributed by atoms with Gasteiger partial charge in [0.15, 0.2) is 17.3 Å². The van der Waals surface area contributed by atoms with E-state index in [1.165, 1.54) is 32.1 Å². The normalized spacial score (nSPS) is 22.3. The first kappa shape index (κ1) is 25.6. The van der Waals surface area contributed by atoms with Crippen molar-refractivity contribution in [3.8, 4) is 17.6 Å². The molecule has 5 rings (SSSR count). The second-order valence-electron chi connectivity index (χ2n) is 10.4. The van der Waals surface area contributed by atoms with Crippen molar-refractivity contribution in [2.45, 2.75) is 63.7 Å². The number of methoxy groups -OCH3 is 1. The van der Waals surface area contributed by atoms with Gasteiger partial charge in [-0.25, -0.2) is 0 Å². The number of ether oxygens (including phenoxy) is 2. The molecule has 192 valence electrons. The maximum absolute atomic E-state index is 13.7. The Morgan fingerprint density at radius 3 is 2.54 bits per heavy atom. The predicted molar refractivity (Wildman–Crippen MR) is 147 cm³/mol. The molecule has 2 aliphatic carbocycles. The van der Waals surface area contributed by atoms with Crippen LogP contribution in [-0.2, 0) is 4.79 Å². The number of Topliss-reactive ketones (excluding diaryl/α,β-unsaturated/α-hetero) is 1. The lowest BCUT2D eigenvalue weighted by Gasteiger charge is -2.36. The summed E-state index contributed by atoms with van der Waals surface area (Å²) in [5.41, 5.74) is 4.98. The molecule has 1 aliphatic heterocycles. The summed E-state index contributed by atoms with van der Waals surface area (Å²) < 4.78 is 12.8. The highest BCUT2D eigenvalue weighted by atomic mass is 79.9. The lowest BCUT2D eigenvalue weighted by Crippen LogP contribution is -2.33. The van der Waals surface area contributed by atoms with Crippen LogP contribution in [-0.4, -0.2) is 19.5 Å². The summed E-state index contributed by atoms with van der Waals surface area (Å²) in [6, 6.07) is 16.5. The molecular formula is C31H33BrN2O3. The number of nitriles is 1. The predicted octanol–water partition coefficient (Wildman–Crippen LogP) is 7.30. The van der Waals surface area contributed by atoms with Crippen LogP contribution < -0.4 is 14.8 Å². The first-order valence-corrected chi connectivity index (χ1v) is 14.0. The maximum atomic E-state index is 13.7. The first-order chi connectivity index (χ1) is 18.0. The first-order valence-electron chi connectivity index (χ1n) is 13.2. The van der Waals surface area contributed by atoms with E-state index in [2.05, 4.69) is 39.4 Å². The van der Waals surface area contributed by atoms with E-state index in [-0.39, 0.29) is 11.7 Å². The van der Waals surface area contributed by atoms with E-state index >= 15 is 0 Å². The molecule has 0 bridgehead atoms. The third kappa shape index (κ3) is 5.20. The summed E-state index contributed by atoms with van der Waals surface area (Å²) in [5.74, 6) is 1.62. The minimum Gasteiger partial charge on any atom is -0.493 e. The van der Waals surface area contributed by atoms with Gasteiger partial charge < -0.3 is 14.8 Å². The second-order valence-corrected chi connectivity index (χ2v) is 11.2. The van der Waals surface area contributed by atoms with E-state index in [0.717, 1.165) is 33.4 Å². The Kier molecular flexibility index (Phi) is 7.71. The van der Waals surface area contributed by atoms with Crippen molar-refractivity contribution in [3.05, 3.63) is 80.6 Å². The van der Waals surface area contributed by atoms with Crippen molar-refractivity contribution in [1.29, 1.82) is 5.26 Å². The van der Waals surface area contributed by atoms with Crippen LogP contribution in [0.1, 0.15) is 74.8 Å². The molecule has 37 heavy (non-hydrogen) atoms. The van der Waals surface area contributed by atoms with E-state index in [9.17, 15) is 10.1 Å². The average Bonchev–Trinajstić information content (AvgIpc) is 2.92. The molecule has 1 fully saturated rings. The molecule has 1 heterocycles. The number of carbonyl (C=O) groups is 1. The van der Waals surface area contributed by atoms with Crippen LogP contribution in [0.2, 0.25) is 0 Å². The molecule has 0 spiro atoms. The van der Waals surface area contributed by atoms with Crippen molar-refractivity contribution < 1.29 is 14.3 Å². The van der Waals surface area contributed by atoms with Gasteiger partial charge in [-0.3, -0.25) is 4.79 Å². The number of nitrogens with zero attached hydrogens (tertiary/aromatic N) is 1. The Balaban J connectivity index is 1.49. The number of ketones is 1. The Labute approximate surface area is 227 Å². The van der Waals surface area contributed by atoms with Crippen LogP contribution in [0.3, 0.4) is 0 Å². The van der Waals surface area contributed by atoms with Crippen LogP contribution in [0.25, 0.3) is 0 Å². The molecule has 3 aliphatic rings. The average molecular weight is 562 g/mol. The lowest BCUT2D eigenvalue weighted by atomic mass is 9.72. The quantitative estimate of drug-likeness (QED) is 0.401. The van der Waals surface area contributed by atoms with Gasteiger partial charge in [0.1, 0.15) is 0 Å². The summed E-state index contributed by atoms with van der Waals surface area (Å²) in [6.07, 6.45) is 7.40. The number of rotatable bonds is 6. The summed E-state index contributed by atoms with van der Waals surface area (Å²) in [5, 5.41) is 13.5. The molecule has 1 N–H and O–H groups in total. The molecular weight excluding hydrogens is 528 g/mol. The topological polar surface area (TPSA) is 71.3 Å². The van der Waals surface area contributed by atoms with Crippen molar-refractivity contribution in [2.24, 2.45) is 5.92 Å². The third-order valence-corrected chi connectivity index (χ3v) is 8.58. The summed E-state index contributed by atoms with van der Waals surface area (Å²) in [7, 11) is 1.63. The number of halogens is 1. The Bertz CT molecular complexity index is 1290. The van der Waals surface area contributed by atoms with E-state index in [4.69, 9.17) is 9.47 Å². The van der Waals surface area contributed by atoms with E-state index in [0.29, 0.717) is 41.6 Å². The molecule has 0 amide bonds. The second kappa shape index (κ2) is 11.1. The summed E-state index contributed by atoms with van der Waals surface area (Å²) in [4.78, 5) is 13.7. The maximum Gasteiger partial charge on any atom is 0.175 e. The third-order valence-electron chi connectivity index (χ3n) is 7.99. The van der Waals surface area contributed by atoms with E-state index in [1.807, 2.05) is 37.3 Å². The van der Waals surface area contributed by atoms with E-state index in [1.54, 1.807) is 7.11 Å². The highest BCUT2D eigenvalue weighted by Gasteiger charge is 2.39. The highest BCUT2D eigenvalue weighted by molar-refractivity contribution is 9.10. The molecule has 2 atom stereocenters. The number of hydrogen-bond acceptors (Lipinski definition) is 5. The molecule has 0 radical (unpaired) electrons. The fourth-order valence-electron chi connectivity index (χ4n) is 6.08. The van der Waals surface area contributed by atoms with Crippen LogP contribution in [0.4, 0.5) is 0 Å².